The molecule has 2 aromatic rings. The van der Waals surface area contributed by atoms with Gasteiger partial charge in [-0.3, -0.25) is 0 Å². The highest BCUT2D eigenvalue weighted by Crippen LogP contribution is 2.34. The summed E-state index contributed by atoms with van der Waals surface area (Å²) in [6.45, 7) is -2.90. The van der Waals surface area contributed by atoms with E-state index >= 15 is 0 Å². The molecule has 2 N–H and O–H groups in total. The second-order valence-corrected chi connectivity index (χ2v) is 2.98. The van der Waals surface area contributed by atoms with Crippen molar-refractivity contribution in [3.05, 3.63) is 30.5 Å². The van der Waals surface area contributed by atoms with Crippen molar-refractivity contribution in [2.75, 3.05) is 5.73 Å². The van der Waals surface area contributed by atoms with Gasteiger partial charge in [-0.2, -0.15) is 8.78 Å². The molecule has 0 saturated heterocycles. The van der Waals surface area contributed by atoms with Crippen molar-refractivity contribution in [2.24, 2.45) is 0 Å². The Balaban J connectivity index is 2.44. The number of hydrogen-bond donors (Lipinski definition) is 1. The van der Waals surface area contributed by atoms with Gasteiger partial charge >= 0.3 is 6.61 Å². The van der Waals surface area contributed by atoms with Crippen molar-refractivity contribution >= 4 is 5.69 Å². The number of nitrogens with zero attached hydrogens (tertiary/aromatic N) is 1. The Kier molecular flexibility index (Phi) is 2.72. The number of benzene rings is 1. The van der Waals surface area contributed by atoms with Gasteiger partial charge in [0.25, 0.3) is 0 Å². The summed E-state index contributed by atoms with van der Waals surface area (Å²) < 4.78 is 33.5. The average molecular weight is 226 g/mol. The molecule has 0 spiro atoms. The van der Waals surface area contributed by atoms with E-state index in [9.17, 15) is 8.78 Å². The zero-order chi connectivity index (χ0) is 11.5. The van der Waals surface area contributed by atoms with Gasteiger partial charge in [-0.15, -0.1) is 0 Å². The van der Waals surface area contributed by atoms with Crippen LogP contribution in [0.4, 0.5) is 14.5 Å². The third kappa shape index (κ3) is 1.95. The number of nitrogen functional groups attached to an aromatic ring is 1. The highest BCUT2D eigenvalue weighted by molar-refractivity contribution is 5.74. The zero-order valence-corrected chi connectivity index (χ0v) is 8.06. The normalized spacial score (nSPS) is 10.7. The van der Waals surface area contributed by atoms with Gasteiger partial charge in [0.15, 0.2) is 5.76 Å². The average Bonchev–Trinajstić information content (AvgIpc) is 2.64. The van der Waals surface area contributed by atoms with Crippen LogP contribution in [-0.4, -0.2) is 11.8 Å². The van der Waals surface area contributed by atoms with Crippen LogP contribution in [0, 0.1) is 0 Å². The standard InChI is InChI=1S/C10H8F2N2O2/c11-10(12)15-8-4-2-1-3-6(8)9-7(13)5-14-16-9/h1-5,10H,13H2. The predicted octanol–water partition coefficient (Wildman–Crippen LogP) is 2.53. The molecule has 1 aromatic carbocycles. The van der Waals surface area contributed by atoms with Crippen LogP contribution in [-0.2, 0) is 0 Å². The van der Waals surface area contributed by atoms with Crippen molar-refractivity contribution in [1.82, 2.24) is 5.16 Å². The lowest BCUT2D eigenvalue weighted by atomic mass is 10.1. The molecule has 0 amide bonds. The van der Waals surface area contributed by atoms with E-state index in [1.165, 1.54) is 12.3 Å². The van der Waals surface area contributed by atoms with Crippen molar-refractivity contribution in [3.63, 3.8) is 0 Å². The lowest BCUT2D eigenvalue weighted by Gasteiger charge is -2.08. The molecule has 0 aliphatic rings. The Morgan fingerprint density at radius 3 is 2.69 bits per heavy atom. The molecule has 1 aromatic heterocycles. The Hall–Kier alpha value is -2.11. The van der Waals surface area contributed by atoms with Crippen LogP contribution in [0.15, 0.2) is 35.0 Å². The SMILES string of the molecule is Nc1cnoc1-c1ccccc1OC(F)F. The number of hydrogen-bond acceptors (Lipinski definition) is 4. The van der Waals surface area contributed by atoms with E-state index in [1.807, 2.05) is 0 Å². The quantitative estimate of drug-likeness (QED) is 0.873. The highest BCUT2D eigenvalue weighted by Gasteiger charge is 2.15. The van der Waals surface area contributed by atoms with Crippen molar-refractivity contribution in [2.45, 2.75) is 6.61 Å². The van der Waals surface area contributed by atoms with Crippen molar-refractivity contribution in [3.8, 4) is 17.1 Å². The Morgan fingerprint density at radius 2 is 2.06 bits per heavy atom. The maximum atomic E-state index is 12.1. The summed E-state index contributed by atoms with van der Waals surface area (Å²) in [7, 11) is 0. The van der Waals surface area contributed by atoms with Crippen LogP contribution in [0.5, 0.6) is 5.75 Å². The topological polar surface area (TPSA) is 61.3 Å². The number of alkyl halides is 2. The van der Waals surface area contributed by atoms with Gasteiger partial charge in [0.2, 0.25) is 0 Å². The summed E-state index contributed by atoms with van der Waals surface area (Å²) in [5.41, 5.74) is 6.19. The monoisotopic (exact) mass is 226 g/mol. The molecule has 0 bridgehead atoms. The fraction of sp³-hybridized carbons (Fsp3) is 0.100. The van der Waals surface area contributed by atoms with E-state index in [-0.39, 0.29) is 17.2 Å². The molecule has 0 aliphatic carbocycles. The largest absolute Gasteiger partial charge is 0.434 e. The highest BCUT2D eigenvalue weighted by atomic mass is 19.3. The van der Waals surface area contributed by atoms with Gasteiger partial charge < -0.3 is 15.0 Å². The second-order valence-electron chi connectivity index (χ2n) is 2.98. The summed E-state index contributed by atoms with van der Waals surface area (Å²) in [4.78, 5) is 0. The summed E-state index contributed by atoms with van der Waals surface area (Å²) in [5, 5.41) is 3.48. The van der Waals surface area contributed by atoms with E-state index < -0.39 is 6.61 Å². The summed E-state index contributed by atoms with van der Waals surface area (Å²) in [5.74, 6) is 0.220. The molecule has 84 valence electrons. The molecule has 16 heavy (non-hydrogen) atoms. The van der Waals surface area contributed by atoms with Gasteiger partial charge in [0.05, 0.1) is 11.8 Å². The molecular formula is C10H8F2N2O2. The number of para-hydroxylation sites is 1. The Bertz CT molecular complexity index is 485. The lowest BCUT2D eigenvalue weighted by Crippen LogP contribution is -2.03. The molecule has 4 nitrogen and oxygen atoms in total. The summed E-state index contributed by atoms with van der Waals surface area (Å²) >= 11 is 0. The zero-order valence-electron chi connectivity index (χ0n) is 8.06. The Labute approximate surface area is 89.6 Å². The number of nitrogens with two attached hydrogens (primary N) is 1. The van der Waals surface area contributed by atoms with Crippen LogP contribution in [0.2, 0.25) is 0 Å². The summed E-state index contributed by atoms with van der Waals surface area (Å²) in [6.07, 6.45) is 1.30. The fourth-order valence-corrected chi connectivity index (χ4v) is 1.30. The van der Waals surface area contributed by atoms with Gasteiger partial charge in [-0.05, 0) is 12.1 Å². The van der Waals surface area contributed by atoms with Crippen molar-refractivity contribution in [1.29, 1.82) is 0 Å². The first kappa shape index (κ1) is 10.4. The fourth-order valence-electron chi connectivity index (χ4n) is 1.30. The minimum Gasteiger partial charge on any atom is -0.434 e. The lowest BCUT2D eigenvalue weighted by molar-refractivity contribution is -0.0495. The van der Waals surface area contributed by atoms with E-state index in [4.69, 9.17) is 10.3 Å². The van der Waals surface area contributed by atoms with Crippen LogP contribution in [0.3, 0.4) is 0 Å². The molecule has 0 fully saturated rings. The van der Waals surface area contributed by atoms with Gasteiger partial charge in [-0.1, -0.05) is 17.3 Å². The first-order chi connectivity index (χ1) is 7.68. The van der Waals surface area contributed by atoms with Crippen LogP contribution >= 0.6 is 0 Å². The number of anilines is 1. The maximum Gasteiger partial charge on any atom is 0.387 e. The second kappa shape index (κ2) is 4.18. The maximum absolute atomic E-state index is 12.1. The molecular weight excluding hydrogens is 218 g/mol. The first-order valence-corrected chi connectivity index (χ1v) is 4.43. The smallest absolute Gasteiger partial charge is 0.387 e. The Morgan fingerprint density at radius 1 is 1.31 bits per heavy atom. The van der Waals surface area contributed by atoms with Gasteiger partial charge in [-0.25, -0.2) is 0 Å². The predicted molar refractivity (Wildman–Crippen MR) is 53.0 cm³/mol. The van der Waals surface area contributed by atoms with E-state index in [0.29, 0.717) is 5.56 Å². The molecule has 0 saturated carbocycles. The van der Waals surface area contributed by atoms with Crippen LogP contribution in [0.25, 0.3) is 11.3 Å². The van der Waals surface area contributed by atoms with E-state index in [2.05, 4.69) is 9.89 Å². The minimum atomic E-state index is -2.90. The number of halogens is 2. The molecule has 2 rings (SSSR count). The minimum absolute atomic E-state index is 0.000880. The molecule has 6 heteroatoms. The molecule has 0 atom stereocenters. The van der Waals surface area contributed by atoms with Gasteiger partial charge in [0.1, 0.15) is 11.4 Å². The third-order valence-corrected chi connectivity index (χ3v) is 1.95. The van der Waals surface area contributed by atoms with E-state index in [1.54, 1.807) is 18.2 Å². The number of rotatable bonds is 3. The molecule has 1 heterocycles. The van der Waals surface area contributed by atoms with E-state index in [0.717, 1.165) is 0 Å². The number of ether oxygens (including phenoxy) is 1. The molecule has 0 radical (unpaired) electrons. The number of aromatic nitrogens is 1. The summed E-state index contributed by atoms with van der Waals surface area (Å²) in [6, 6.07) is 6.21. The molecule has 0 unspecified atom stereocenters. The van der Waals surface area contributed by atoms with Crippen molar-refractivity contribution < 1.29 is 18.0 Å². The van der Waals surface area contributed by atoms with Crippen LogP contribution < -0.4 is 10.5 Å². The third-order valence-electron chi connectivity index (χ3n) is 1.95. The molecule has 0 aliphatic heterocycles. The first-order valence-electron chi connectivity index (χ1n) is 4.43. The van der Waals surface area contributed by atoms with Gasteiger partial charge in [0, 0.05) is 0 Å². The van der Waals surface area contributed by atoms with Crippen LogP contribution in [0.1, 0.15) is 0 Å².